The monoisotopic (exact) mass is 258 g/mol. The molecule has 0 aliphatic rings. The van der Waals surface area contributed by atoms with Gasteiger partial charge in [0, 0.05) is 11.3 Å². The Morgan fingerprint density at radius 1 is 1.53 bits per heavy atom. The van der Waals surface area contributed by atoms with Crippen LogP contribution in [0.2, 0.25) is 4.34 Å². The van der Waals surface area contributed by atoms with Gasteiger partial charge in [0.05, 0.1) is 10.4 Å². The van der Waals surface area contributed by atoms with Crippen LogP contribution in [0.5, 0.6) is 0 Å². The zero-order valence-electron chi connectivity index (χ0n) is 7.94. The molecule has 1 unspecified atom stereocenters. The lowest BCUT2D eigenvalue weighted by atomic mass is 10.1. The molecule has 0 saturated carbocycles. The molecular formula is C9H10ClF3OS. The van der Waals surface area contributed by atoms with Crippen molar-refractivity contribution < 1.29 is 18.3 Å². The highest BCUT2D eigenvalue weighted by Gasteiger charge is 2.28. The van der Waals surface area contributed by atoms with Crippen LogP contribution in [-0.2, 0) is 0 Å². The van der Waals surface area contributed by atoms with Crippen molar-refractivity contribution in [1.82, 2.24) is 0 Å². The molecule has 0 saturated heterocycles. The molecule has 1 nitrogen and oxygen atoms in total. The summed E-state index contributed by atoms with van der Waals surface area (Å²) in [4.78, 5) is 0.488. The maximum atomic E-state index is 11.9. The second-order valence-corrected chi connectivity index (χ2v) is 4.96. The molecule has 0 spiro atoms. The number of hydrogen-bond donors (Lipinski definition) is 1. The van der Waals surface area contributed by atoms with Crippen LogP contribution in [0, 0.1) is 6.92 Å². The van der Waals surface area contributed by atoms with E-state index in [2.05, 4.69) is 0 Å². The third-order valence-electron chi connectivity index (χ3n) is 1.91. The quantitative estimate of drug-likeness (QED) is 0.866. The van der Waals surface area contributed by atoms with Crippen molar-refractivity contribution >= 4 is 22.9 Å². The van der Waals surface area contributed by atoms with Gasteiger partial charge in [-0.2, -0.15) is 13.2 Å². The van der Waals surface area contributed by atoms with Crippen LogP contribution in [-0.4, -0.2) is 11.3 Å². The summed E-state index contributed by atoms with van der Waals surface area (Å²) in [6.07, 6.45) is -6.61. The molecule has 1 aromatic rings. The molecule has 1 atom stereocenters. The average Bonchev–Trinajstić information content (AvgIpc) is 2.42. The first-order chi connectivity index (χ1) is 6.79. The van der Waals surface area contributed by atoms with Crippen molar-refractivity contribution in [1.29, 1.82) is 0 Å². The molecule has 1 aromatic heterocycles. The fourth-order valence-corrected chi connectivity index (χ4v) is 2.33. The van der Waals surface area contributed by atoms with E-state index in [1.165, 1.54) is 0 Å². The summed E-state index contributed by atoms with van der Waals surface area (Å²) in [5, 5.41) is 9.47. The van der Waals surface area contributed by atoms with Crippen LogP contribution in [0.4, 0.5) is 13.2 Å². The second kappa shape index (κ2) is 4.72. The van der Waals surface area contributed by atoms with E-state index in [0.717, 1.165) is 16.9 Å². The topological polar surface area (TPSA) is 20.2 Å². The van der Waals surface area contributed by atoms with Gasteiger partial charge < -0.3 is 5.11 Å². The molecule has 1 N–H and O–H groups in total. The minimum absolute atomic E-state index is 0.320. The van der Waals surface area contributed by atoms with Crippen LogP contribution >= 0.6 is 22.9 Å². The Hall–Kier alpha value is -0.260. The summed E-state index contributed by atoms with van der Waals surface area (Å²) >= 11 is 6.87. The van der Waals surface area contributed by atoms with E-state index in [9.17, 15) is 18.3 Å². The van der Waals surface area contributed by atoms with Gasteiger partial charge in [-0.05, 0) is 25.0 Å². The number of aliphatic hydroxyl groups is 1. The standard InChI is InChI=1S/C9H10ClF3OS/c1-5-4-7(15-8(5)10)6(14)2-3-9(11,12)13/h4,6,14H,2-3H2,1H3. The van der Waals surface area contributed by atoms with Crippen molar-refractivity contribution in [2.45, 2.75) is 32.0 Å². The molecule has 1 heterocycles. The molecule has 0 aliphatic carbocycles. The minimum atomic E-state index is -4.23. The van der Waals surface area contributed by atoms with Gasteiger partial charge in [-0.1, -0.05) is 11.6 Å². The third-order valence-corrected chi connectivity index (χ3v) is 3.56. The minimum Gasteiger partial charge on any atom is -0.388 e. The largest absolute Gasteiger partial charge is 0.389 e. The smallest absolute Gasteiger partial charge is 0.388 e. The molecule has 1 rings (SSSR count). The Bertz CT molecular complexity index is 315. The number of hydrogen-bond acceptors (Lipinski definition) is 2. The number of aliphatic hydroxyl groups excluding tert-OH is 1. The maximum absolute atomic E-state index is 11.9. The summed E-state index contributed by atoms with van der Waals surface area (Å²) in [7, 11) is 0. The zero-order chi connectivity index (χ0) is 11.6. The Kier molecular flexibility index (Phi) is 4.03. The van der Waals surface area contributed by atoms with E-state index in [1.807, 2.05) is 0 Å². The molecule has 0 aromatic carbocycles. The number of alkyl halides is 3. The van der Waals surface area contributed by atoms with Gasteiger partial charge in [0.25, 0.3) is 0 Å². The molecule has 15 heavy (non-hydrogen) atoms. The third kappa shape index (κ3) is 4.01. The first-order valence-electron chi connectivity index (χ1n) is 4.30. The van der Waals surface area contributed by atoms with E-state index < -0.39 is 18.7 Å². The van der Waals surface area contributed by atoms with Crippen LogP contribution in [0.25, 0.3) is 0 Å². The van der Waals surface area contributed by atoms with E-state index in [4.69, 9.17) is 11.6 Å². The molecule has 0 amide bonds. The van der Waals surface area contributed by atoms with Crippen molar-refractivity contribution in [3.05, 3.63) is 20.8 Å². The molecule has 0 bridgehead atoms. The highest BCUT2D eigenvalue weighted by molar-refractivity contribution is 7.16. The van der Waals surface area contributed by atoms with Gasteiger partial charge >= 0.3 is 6.18 Å². The Morgan fingerprint density at radius 2 is 2.13 bits per heavy atom. The fourth-order valence-electron chi connectivity index (χ4n) is 1.09. The SMILES string of the molecule is Cc1cc(C(O)CCC(F)(F)F)sc1Cl. The summed E-state index contributed by atoms with van der Waals surface area (Å²) in [6, 6.07) is 1.62. The highest BCUT2D eigenvalue weighted by Crippen LogP contribution is 2.34. The summed E-state index contributed by atoms with van der Waals surface area (Å²) in [6.45, 7) is 1.75. The Morgan fingerprint density at radius 3 is 2.53 bits per heavy atom. The van der Waals surface area contributed by atoms with Crippen molar-refractivity contribution in [3.63, 3.8) is 0 Å². The van der Waals surface area contributed by atoms with Gasteiger partial charge in [-0.3, -0.25) is 0 Å². The Labute approximate surface area is 94.5 Å². The van der Waals surface area contributed by atoms with E-state index in [1.54, 1.807) is 13.0 Å². The normalized spacial score (nSPS) is 14.3. The van der Waals surface area contributed by atoms with Gasteiger partial charge in [0.2, 0.25) is 0 Å². The number of halogens is 4. The summed E-state index contributed by atoms with van der Waals surface area (Å²) < 4.78 is 36.2. The number of aryl methyl sites for hydroxylation is 1. The van der Waals surface area contributed by atoms with Gasteiger partial charge in [-0.25, -0.2) is 0 Å². The van der Waals surface area contributed by atoms with E-state index in [-0.39, 0.29) is 6.42 Å². The van der Waals surface area contributed by atoms with E-state index >= 15 is 0 Å². The number of thiophene rings is 1. The highest BCUT2D eigenvalue weighted by atomic mass is 35.5. The van der Waals surface area contributed by atoms with Crippen molar-refractivity contribution in [3.8, 4) is 0 Å². The molecule has 0 aliphatic heterocycles. The second-order valence-electron chi connectivity index (χ2n) is 3.28. The van der Waals surface area contributed by atoms with E-state index in [0.29, 0.717) is 9.21 Å². The average molecular weight is 259 g/mol. The summed E-state index contributed by atoms with van der Waals surface area (Å²) in [5.74, 6) is 0. The van der Waals surface area contributed by atoms with Crippen molar-refractivity contribution in [2.75, 3.05) is 0 Å². The fraction of sp³-hybridized carbons (Fsp3) is 0.556. The van der Waals surface area contributed by atoms with Crippen LogP contribution < -0.4 is 0 Å². The zero-order valence-corrected chi connectivity index (χ0v) is 9.51. The van der Waals surface area contributed by atoms with Crippen LogP contribution in [0.1, 0.15) is 29.4 Å². The van der Waals surface area contributed by atoms with Crippen LogP contribution in [0.3, 0.4) is 0 Å². The molecular weight excluding hydrogens is 249 g/mol. The molecule has 0 fully saturated rings. The lowest BCUT2D eigenvalue weighted by molar-refractivity contribution is -0.140. The Balaban J connectivity index is 2.58. The maximum Gasteiger partial charge on any atom is 0.389 e. The van der Waals surface area contributed by atoms with Crippen molar-refractivity contribution in [2.24, 2.45) is 0 Å². The molecule has 6 heteroatoms. The first kappa shape index (κ1) is 12.8. The predicted octanol–water partition coefficient (Wildman–Crippen LogP) is 4.09. The molecule has 86 valence electrons. The number of rotatable bonds is 3. The first-order valence-corrected chi connectivity index (χ1v) is 5.49. The van der Waals surface area contributed by atoms with Gasteiger partial charge in [0.1, 0.15) is 0 Å². The van der Waals surface area contributed by atoms with Crippen LogP contribution in [0.15, 0.2) is 6.07 Å². The molecule has 0 radical (unpaired) electrons. The van der Waals surface area contributed by atoms with Gasteiger partial charge in [0.15, 0.2) is 0 Å². The van der Waals surface area contributed by atoms with Gasteiger partial charge in [-0.15, -0.1) is 11.3 Å². The lowest BCUT2D eigenvalue weighted by Gasteiger charge is -2.10. The summed E-state index contributed by atoms with van der Waals surface area (Å²) in [5.41, 5.74) is 0.780. The predicted molar refractivity (Wildman–Crippen MR) is 54.3 cm³/mol. The lowest BCUT2D eigenvalue weighted by Crippen LogP contribution is -2.09.